The van der Waals surface area contributed by atoms with Crippen LogP contribution >= 0.6 is 22.6 Å². The summed E-state index contributed by atoms with van der Waals surface area (Å²) >= 11 is 2.19. The Morgan fingerprint density at radius 1 is 1.47 bits per heavy atom. The van der Waals surface area contributed by atoms with E-state index < -0.39 is 0 Å². The summed E-state index contributed by atoms with van der Waals surface area (Å²) in [6.45, 7) is 0.559. The molecule has 1 atom stereocenters. The Bertz CT molecular complexity index is 408. The first kappa shape index (κ1) is 10.7. The van der Waals surface area contributed by atoms with Gasteiger partial charge in [0.25, 0.3) is 0 Å². The highest BCUT2D eigenvalue weighted by atomic mass is 127. The van der Waals surface area contributed by atoms with E-state index in [2.05, 4.69) is 22.6 Å². The van der Waals surface area contributed by atoms with Gasteiger partial charge in [-0.15, -0.1) is 0 Å². The zero-order chi connectivity index (χ0) is 11.0. The Kier molecular flexibility index (Phi) is 2.83. The summed E-state index contributed by atoms with van der Waals surface area (Å²) in [6.07, 6.45) is 0.408. The summed E-state index contributed by atoms with van der Waals surface area (Å²) < 4.78 is 1.06. The summed E-state index contributed by atoms with van der Waals surface area (Å²) in [7, 11) is 0. The molecular weight excluding hydrogens is 305 g/mol. The number of rotatable bonds is 1. The molecule has 1 aromatic rings. The van der Waals surface area contributed by atoms with Crippen molar-refractivity contribution in [2.75, 3.05) is 17.2 Å². The maximum atomic E-state index is 11.6. The van der Waals surface area contributed by atoms with Crippen LogP contribution in [0.3, 0.4) is 0 Å². The van der Waals surface area contributed by atoms with Gasteiger partial charge in [0.2, 0.25) is 5.91 Å². The molecule has 1 aliphatic rings. The van der Waals surface area contributed by atoms with Crippen LogP contribution in [-0.2, 0) is 4.79 Å². The first-order chi connectivity index (χ1) is 7.08. The van der Waals surface area contributed by atoms with Gasteiger partial charge in [-0.3, -0.25) is 4.79 Å². The number of benzene rings is 1. The standard InChI is InChI=1S/C10H12IN3O/c11-6-1-2-9(8(13)3-6)14-5-7(12)4-10(14)15/h1-3,7H,4-5,12-13H2. The minimum atomic E-state index is -0.0730. The smallest absolute Gasteiger partial charge is 0.228 e. The van der Waals surface area contributed by atoms with Gasteiger partial charge in [-0.25, -0.2) is 0 Å². The highest BCUT2D eigenvalue weighted by Crippen LogP contribution is 2.28. The Labute approximate surface area is 102 Å². The Morgan fingerprint density at radius 2 is 2.20 bits per heavy atom. The summed E-state index contributed by atoms with van der Waals surface area (Å²) in [5, 5.41) is 0. The van der Waals surface area contributed by atoms with E-state index in [4.69, 9.17) is 11.5 Å². The van der Waals surface area contributed by atoms with Gasteiger partial charge in [0, 0.05) is 22.6 Å². The van der Waals surface area contributed by atoms with Crippen molar-refractivity contribution >= 4 is 39.9 Å². The van der Waals surface area contributed by atoms with E-state index in [9.17, 15) is 4.79 Å². The average Bonchev–Trinajstić information content (AvgIpc) is 2.45. The molecule has 2 rings (SSSR count). The van der Waals surface area contributed by atoms with Gasteiger partial charge in [0.05, 0.1) is 11.4 Å². The minimum absolute atomic E-state index is 0.0513. The Balaban J connectivity index is 2.34. The lowest BCUT2D eigenvalue weighted by Crippen LogP contribution is -2.28. The monoisotopic (exact) mass is 317 g/mol. The largest absolute Gasteiger partial charge is 0.397 e. The van der Waals surface area contributed by atoms with Crippen LogP contribution in [0.25, 0.3) is 0 Å². The molecule has 80 valence electrons. The lowest BCUT2D eigenvalue weighted by molar-refractivity contribution is -0.117. The fraction of sp³-hybridized carbons (Fsp3) is 0.300. The van der Waals surface area contributed by atoms with Gasteiger partial charge < -0.3 is 16.4 Å². The molecule has 4 nitrogen and oxygen atoms in total. The zero-order valence-electron chi connectivity index (χ0n) is 8.11. The van der Waals surface area contributed by atoms with Gasteiger partial charge >= 0.3 is 0 Å². The van der Waals surface area contributed by atoms with Gasteiger partial charge in [0.15, 0.2) is 0 Å². The highest BCUT2D eigenvalue weighted by Gasteiger charge is 2.28. The van der Waals surface area contributed by atoms with Crippen LogP contribution in [-0.4, -0.2) is 18.5 Å². The van der Waals surface area contributed by atoms with Crippen molar-refractivity contribution in [1.29, 1.82) is 0 Å². The third-order valence-corrected chi connectivity index (χ3v) is 3.11. The van der Waals surface area contributed by atoms with Crippen LogP contribution in [0.4, 0.5) is 11.4 Å². The van der Waals surface area contributed by atoms with E-state index in [1.807, 2.05) is 18.2 Å². The zero-order valence-corrected chi connectivity index (χ0v) is 10.3. The second-order valence-corrected chi connectivity index (χ2v) is 4.92. The van der Waals surface area contributed by atoms with E-state index >= 15 is 0 Å². The predicted molar refractivity (Wildman–Crippen MR) is 68.5 cm³/mol. The van der Waals surface area contributed by atoms with E-state index in [-0.39, 0.29) is 11.9 Å². The third kappa shape index (κ3) is 2.07. The molecule has 0 spiro atoms. The molecule has 1 fully saturated rings. The topological polar surface area (TPSA) is 72.3 Å². The molecular formula is C10H12IN3O. The van der Waals surface area contributed by atoms with Crippen LogP contribution < -0.4 is 16.4 Å². The number of halogens is 1. The summed E-state index contributed by atoms with van der Waals surface area (Å²) in [5.41, 5.74) is 13.0. The van der Waals surface area contributed by atoms with Crippen molar-refractivity contribution in [3.8, 4) is 0 Å². The number of carbonyl (C=O) groups excluding carboxylic acids is 1. The number of nitrogen functional groups attached to an aromatic ring is 1. The molecule has 0 bridgehead atoms. The summed E-state index contributed by atoms with van der Waals surface area (Å²) in [4.78, 5) is 13.3. The SMILES string of the molecule is Nc1cc(I)ccc1N1CC(N)CC1=O. The fourth-order valence-corrected chi connectivity index (χ4v) is 2.25. The summed E-state index contributed by atoms with van der Waals surface area (Å²) in [6, 6.07) is 5.58. The number of amides is 1. The number of hydrogen-bond acceptors (Lipinski definition) is 3. The second kappa shape index (κ2) is 3.97. The van der Waals surface area contributed by atoms with Crippen LogP contribution in [0.5, 0.6) is 0 Å². The first-order valence-electron chi connectivity index (χ1n) is 4.69. The van der Waals surface area contributed by atoms with Gasteiger partial charge in [-0.1, -0.05) is 0 Å². The Hall–Kier alpha value is -0.820. The van der Waals surface area contributed by atoms with Crippen molar-refractivity contribution < 1.29 is 4.79 Å². The molecule has 1 aliphatic heterocycles. The molecule has 1 aromatic carbocycles. The molecule has 15 heavy (non-hydrogen) atoms. The van der Waals surface area contributed by atoms with Crippen molar-refractivity contribution in [2.24, 2.45) is 5.73 Å². The number of anilines is 2. The van der Waals surface area contributed by atoms with E-state index in [0.717, 1.165) is 9.26 Å². The maximum Gasteiger partial charge on any atom is 0.228 e. The normalized spacial score (nSPS) is 21.1. The van der Waals surface area contributed by atoms with Crippen LogP contribution in [0.1, 0.15) is 6.42 Å². The molecule has 0 radical (unpaired) electrons. The van der Waals surface area contributed by atoms with Crippen LogP contribution in [0.2, 0.25) is 0 Å². The van der Waals surface area contributed by atoms with Crippen LogP contribution in [0, 0.1) is 3.57 Å². The van der Waals surface area contributed by atoms with E-state index in [1.165, 1.54) is 0 Å². The lowest BCUT2D eigenvalue weighted by Gasteiger charge is -2.18. The fourth-order valence-electron chi connectivity index (χ4n) is 1.74. The molecule has 1 unspecified atom stereocenters. The molecule has 4 N–H and O–H groups in total. The number of nitrogens with zero attached hydrogens (tertiary/aromatic N) is 1. The number of carbonyl (C=O) groups is 1. The van der Waals surface area contributed by atoms with E-state index in [1.54, 1.807) is 4.90 Å². The van der Waals surface area contributed by atoms with E-state index in [0.29, 0.717) is 18.7 Å². The van der Waals surface area contributed by atoms with Gasteiger partial charge in [-0.05, 0) is 40.8 Å². The minimum Gasteiger partial charge on any atom is -0.397 e. The molecule has 1 heterocycles. The summed E-state index contributed by atoms with van der Waals surface area (Å²) in [5.74, 6) is 0.0513. The molecule has 1 amide bonds. The Morgan fingerprint density at radius 3 is 2.73 bits per heavy atom. The van der Waals surface area contributed by atoms with Crippen molar-refractivity contribution in [3.63, 3.8) is 0 Å². The van der Waals surface area contributed by atoms with Crippen molar-refractivity contribution in [2.45, 2.75) is 12.5 Å². The van der Waals surface area contributed by atoms with Crippen LogP contribution in [0.15, 0.2) is 18.2 Å². The molecule has 0 aromatic heterocycles. The second-order valence-electron chi connectivity index (χ2n) is 3.67. The number of hydrogen-bond donors (Lipinski definition) is 2. The molecule has 0 aliphatic carbocycles. The van der Waals surface area contributed by atoms with Gasteiger partial charge in [-0.2, -0.15) is 0 Å². The number of nitrogens with two attached hydrogens (primary N) is 2. The molecule has 5 heteroatoms. The molecule has 1 saturated heterocycles. The molecule has 0 saturated carbocycles. The van der Waals surface area contributed by atoms with Gasteiger partial charge in [0.1, 0.15) is 0 Å². The van der Waals surface area contributed by atoms with Crippen molar-refractivity contribution in [1.82, 2.24) is 0 Å². The third-order valence-electron chi connectivity index (χ3n) is 2.44. The average molecular weight is 317 g/mol. The maximum absolute atomic E-state index is 11.6. The van der Waals surface area contributed by atoms with Crippen molar-refractivity contribution in [3.05, 3.63) is 21.8 Å². The lowest BCUT2D eigenvalue weighted by atomic mass is 10.2. The highest BCUT2D eigenvalue weighted by molar-refractivity contribution is 14.1. The first-order valence-corrected chi connectivity index (χ1v) is 5.77. The predicted octanol–water partition coefficient (Wildman–Crippen LogP) is 0.937. The quantitative estimate of drug-likeness (QED) is 0.598.